The van der Waals surface area contributed by atoms with Crippen molar-refractivity contribution in [1.82, 2.24) is 0 Å². The second-order valence-electron chi connectivity index (χ2n) is 5.14. The van der Waals surface area contributed by atoms with Crippen LogP contribution in [0.4, 0.5) is 0 Å². The Bertz CT molecular complexity index is 421. The number of hydrogen-bond acceptors (Lipinski definition) is 2. The molecule has 0 heterocycles. The lowest BCUT2D eigenvalue weighted by molar-refractivity contribution is 0.242. The molecule has 1 saturated carbocycles. The first-order valence-corrected chi connectivity index (χ1v) is 6.23. The molecule has 1 aromatic carbocycles. The minimum atomic E-state index is -0.0962. The molecule has 2 nitrogen and oxygen atoms in total. The molecule has 86 valence electrons. The molecule has 1 aromatic rings. The molecule has 1 fully saturated rings. The van der Waals surface area contributed by atoms with Crippen LogP contribution in [-0.4, -0.2) is 7.11 Å². The predicted molar refractivity (Wildman–Crippen MR) is 64.7 cm³/mol. The third-order valence-electron chi connectivity index (χ3n) is 4.21. The molecular weight excluding hydrogens is 198 g/mol. The summed E-state index contributed by atoms with van der Waals surface area (Å²) in [7, 11) is 1.75. The number of ether oxygens (including phenoxy) is 1. The normalized spacial score (nSPS) is 21.4. The van der Waals surface area contributed by atoms with E-state index in [2.05, 4.69) is 12.1 Å². The molecule has 0 atom stereocenters. The first-order chi connectivity index (χ1) is 7.74. The Balaban J connectivity index is 2.16. The maximum absolute atomic E-state index is 6.49. The topological polar surface area (TPSA) is 35.2 Å². The third kappa shape index (κ3) is 1.29. The van der Waals surface area contributed by atoms with Crippen molar-refractivity contribution in [2.45, 2.75) is 44.1 Å². The van der Waals surface area contributed by atoms with Gasteiger partial charge in [-0.15, -0.1) is 0 Å². The van der Waals surface area contributed by atoms with Crippen molar-refractivity contribution in [3.05, 3.63) is 28.8 Å². The minimum absolute atomic E-state index is 0.0962. The number of hydrogen-bond donors (Lipinski definition) is 1. The average molecular weight is 217 g/mol. The summed E-state index contributed by atoms with van der Waals surface area (Å²) in [6, 6.07) is 4.32. The molecule has 2 N–H and O–H groups in total. The molecule has 2 aliphatic carbocycles. The van der Waals surface area contributed by atoms with Gasteiger partial charge in [0.2, 0.25) is 0 Å². The van der Waals surface area contributed by atoms with Gasteiger partial charge in [-0.2, -0.15) is 0 Å². The number of fused-ring (bicyclic) bond motifs is 1. The van der Waals surface area contributed by atoms with E-state index >= 15 is 0 Å². The van der Waals surface area contributed by atoms with Gasteiger partial charge in [-0.05, 0) is 55.7 Å². The van der Waals surface area contributed by atoms with Crippen LogP contribution < -0.4 is 10.5 Å². The van der Waals surface area contributed by atoms with Crippen LogP contribution in [0.15, 0.2) is 12.1 Å². The molecule has 0 radical (unpaired) electrons. The quantitative estimate of drug-likeness (QED) is 0.826. The molecule has 0 aromatic heterocycles. The number of methoxy groups -OCH3 is 1. The lowest BCUT2D eigenvalue weighted by Crippen LogP contribution is -2.44. The Kier molecular flexibility index (Phi) is 2.21. The highest BCUT2D eigenvalue weighted by Crippen LogP contribution is 2.46. The fraction of sp³-hybridized carbons (Fsp3) is 0.571. The van der Waals surface area contributed by atoms with Crippen molar-refractivity contribution in [3.63, 3.8) is 0 Å². The van der Waals surface area contributed by atoms with E-state index < -0.39 is 0 Å². The van der Waals surface area contributed by atoms with Gasteiger partial charge in [-0.25, -0.2) is 0 Å². The van der Waals surface area contributed by atoms with Crippen LogP contribution in [0.1, 0.15) is 42.4 Å². The molecule has 0 spiro atoms. The summed E-state index contributed by atoms with van der Waals surface area (Å²) in [5, 5.41) is 0. The molecule has 0 aliphatic heterocycles. The van der Waals surface area contributed by atoms with E-state index in [1.165, 1.54) is 42.4 Å². The van der Waals surface area contributed by atoms with Gasteiger partial charge in [0.05, 0.1) is 7.11 Å². The summed E-state index contributed by atoms with van der Waals surface area (Å²) < 4.78 is 5.51. The van der Waals surface area contributed by atoms with Crippen LogP contribution in [0.2, 0.25) is 0 Å². The largest absolute Gasteiger partial charge is 0.496 e. The van der Waals surface area contributed by atoms with Gasteiger partial charge in [0.25, 0.3) is 0 Å². The molecular formula is C14H19NO. The van der Waals surface area contributed by atoms with Crippen LogP contribution in [0.5, 0.6) is 5.75 Å². The summed E-state index contributed by atoms with van der Waals surface area (Å²) >= 11 is 0. The van der Waals surface area contributed by atoms with E-state index in [-0.39, 0.29) is 5.54 Å². The maximum atomic E-state index is 6.49. The first-order valence-electron chi connectivity index (χ1n) is 6.23. The summed E-state index contributed by atoms with van der Waals surface area (Å²) in [6.07, 6.45) is 7.14. The highest BCUT2D eigenvalue weighted by atomic mass is 16.5. The Morgan fingerprint density at radius 2 is 2.00 bits per heavy atom. The van der Waals surface area contributed by atoms with Crippen LogP contribution in [0.25, 0.3) is 0 Å². The van der Waals surface area contributed by atoms with E-state index in [0.717, 1.165) is 18.6 Å². The van der Waals surface area contributed by atoms with Gasteiger partial charge in [-0.1, -0.05) is 6.07 Å². The third-order valence-corrected chi connectivity index (χ3v) is 4.21. The number of rotatable bonds is 2. The van der Waals surface area contributed by atoms with Gasteiger partial charge in [0.1, 0.15) is 5.75 Å². The molecule has 2 heteroatoms. The zero-order valence-corrected chi connectivity index (χ0v) is 9.88. The van der Waals surface area contributed by atoms with Gasteiger partial charge < -0.3 is 10.5 Å². The van der Waals surface area contributed by atoms with Gasteiger partial charge in [-0.3, -0.25) is 0 Å². The second-order valence-corrected chi connectivity index (χ2v) is 5.14. The molecule has 0 saturated heterocycles. The van der Waals surface area contributed by atoms with Crippen LogP contribution in [0.3, 0.4) is 0 Å². The molecule has 0 amide bonds. The lowest BCUT2D eigenvalue weighted by Gasteiger charge is -2.40. The average Bonchev–Trinajstić information content (AvgIpc) is 2.72. The van der Waals surface area contributed by atoms with E-state index in [0.29, 0.717) is 0 Å². The molecule has 0 unspecified atom stereocenters. The Morgan fingerprint density at radius 1 is 1.19 bits per heavy atom. The van der Waals surface area contributed by atoms with Crippen molar-refractivity contribution >= 4 is 0 Å². The molecule has 0 bridgehead atoms. The highest BCUT2D eigenvalue weighted by molar-refractivity contribution is 5.51. The Labute approximate surface area is 96.8 Å². The van der Waals surface area contributed by atoms with Crippen LogP contribution in [-0.2, 0) is 18.4 Å². The van der Waals surface area contributed by atoms with E-state index in [1.54, 1.807) is 7.11 Å². The smallest absolute Gasteiger partial charge is 0.124 e. The number of aryl methyl sites for hydroxylation is 1. The predicted octanol–water partition coefficient (Wildman–Crippen LogP) is 2.52. The van der Waals surface area contributed by atoms with Crippen molar-refractivity contribution < 1.29 is 4.74 Å². The van der Waals surface area contributed by atoms with Gasteiger partial charge >= 0.3 is 0 Å². The maximum Gasteiger partial charge on any atom is 0.124 e. The van der Waals surface area contributed by atoms with Gasteiger partial charge in [0.15, 0.2) is 0 Å². The van der Waals surface area contributed by atoms with E-state index in [1.807, 2.05) is 0 Å². The standard InChI is InChI=1S/C14H19NO/c1-16-12-7-6-10-4-2-5-11(10)13(12)14(15)8-3-9-14/h6-7H,2-5,8-9,15H2,1H3. The van der Waals surface area contributed by atoms with Crippen LogP contribution in [0, 0.1) is 0 Å². The van der Waals surface area contributed by atoms with Crippen molar-refractivity contribution in [2.24, 2.45) is 5.73 Å². The SMILES string of the molecule is COc1ccc2c(c1C1(N)CCC1)CCC2. The van der Waals surface area contributed by atoms with Gasteiger partial charge in [0, 0.05) is 11.1 Å². The van der Waals surface area contributed by atoms with Crippen LogP contribution >= 0.6 is 0 Å². The summed E-state index contributed by atoms with van der Waals surface area (Å²) in [4.78, 5) is 0. The number of nitrogens with two attached hydrogens (primary N) is 1. The zero-order chi connectivity index (χ0) is 11.2. The fourth-order valence-corrected chi connectivity index (χ4v) is 3.17. The zero-order valence-electron chi connectivity index (χ0n) is 9.88. The summed E-state index contributed by atoms with van der Waals surface area (Å²) in [5.74, 6) is 1.00. The van der Waals surface area contributed by atoms with Crippen molar-refractivity contribution in [3.8, 4) is 5.75 Å². The van der Waals surface area contributed by atoms with E-state index in [4.69, 9.17) is 10.5 Å². The Hall–Kier alpha value is -1.02. The first kappa shape index (κ1) is 10.2. The monoisotopic (exact) mass is 217 g/mol. The summed E-state index contributed by atoms with van der Waals surface area (Å²) in [5.41, 5.74) is 10.7. The van der Waals surface area contributed by atoms with E-state index in [9.17, 15) is 0 Å². The fourth-order valence-electron chi connectivity index (χ4n) is 3.17. The second kappa shape index (κ2) is 3.49. The minimum Gasteiger partial charge on any atom is -0.496 e. The van der Waals surface area contributed by atoms with Crippen molar-refractivity contribution in [2.75, 3.05) is 7.11 Å². The van der Waals surface area contributed by atoms with Crippen molar-refractivity contribution in [1.29, 1.82) is 0 Å². The lowest BCUT2D eigenvalue weighted by atomic mass is 9.70. The molecule has 2 aliphatic rings. The molecule has 3 rings (SSSR count). The summed E-state index contributed by atoms with van der Waals surface area (Å²) in [6.45, 7) is 0. The Morgan fingerprint density at radius 3 is 2.62 bits per heavy atom. The number of benzene rings is 1. The molecule has 16 heavy (non-hydrogen) atoms. The highest BCUT2D eigenvalue weighted by Gasteiger charge is 2.39.